The van der Waals surface area contributed by atoms with E-state index in [-0.39, 0.29) is 5.92 Å². The van der Waals surface area contributed by atoms with E-state index in [9.17, 15) is 14.7 Å². The molecule has 0 aliphatic carbocycles. The van der Waals surface area contributed by atoms with Crippen molar-refractivity contribution >= 4 is 11.8 Å². The third-order valence-corrected chi connectivity index (χ3v) is 4.32. The Hall–Kier alpha value is -0.860. The summed E-state index contributed by atoms with van der Waals surface area (Å²) in [6, 6.07) is 0. The molecule has 0 aromatic carbocycles. The molecule has 0 amide bonds. The van der Waals surface area contributed by atoms with Gasteiger partial charge in [-0.2, -0.15) is 0 Å². The highest BCUT2D eigenvalue weighted by molar-refractivity contribution is 5.78. The van der Waals surface area contributed by atoms with Gasteiger partial charge < -0.3 is 5.11 Å². The van der Waals surface area contributed by atoms with E-state index in [0.717, 1.165) is 44.9 Å². The van der Waals surface area contributed by atoms with Crippen LogP contribution in [-0.4, -0.2) is 16.9 Å². The van der Waals surface area contributed by atoms with Crippen molar-refractivity contribution in [3.63, 3.8) is 0 Å². The molecule has 0 aromatic rings. The number of ketones is 1. The summed E-state index contributed by atoms with van der Waals surface area (Å²) in [5.41, 5.74) is 0. The van der Waals surface area contributed by atoms with Gasteiger partial charge in [0.1, 0.15) is 5.78 Å². The Labute approximate surface area is 136 Å². The molecule has 130 valence electrons. The summed E-state index contributed by atoms with van der Waals surface area (Å²) in [6.07, 6.45) is 13.8. The monoisotopic (exact) mass is 312 g/mol. The van der Waals surface area contributed by atoms with Crippen LogP contribution in [0.4, 0.5) is 0 Å². The number of unbranched alkanes of at least 4 members (excludes halogenated alkanes) is 7. The van der Waals surface area contributed by atoms with E-state index in [1.54, 1.807) is 0 Å². The van der Waals surface area contributed by atoms with E-state index < -0.39 is 5.97 Å². The van der Waals surface area contributed by atoms with Crippen molar-refractivity contribution < 1.29 is 14.7 Å². The predicted octanol–water partition coefficient (Wildman–Crippen LogP) is 5.76. The first-order valence-electron chi connectivity index (χ1n) is 9.36. The molecule has 0 radical (unpaired) electrons. The lowest BCUT2D eigenvalue weighted by Gasteiger charge is -2.11. The van der Waals surface area contributed by atoms with Crippen molar-refractivity contribution in [1.82, 2.24) is 0 Å². The SMILES string of the molecule is CCCCCCCCC(=O)CCCC(CCCCC)C(=O)O. The molecule has 0 aliphatic heterocycles. The summed E-state index contributed by atoms with van der Waals surface area (Å²) in [7, 11) is 0. The first-order chi connectivity index (χ1) is 10.6. The lowest BCUT2D eigenvalue weighted by Crippen LogP contribution is -2.14. The topological polar surface area (TPSA) is 54.4 Å². The molecule has 0 aliphatic rings. The second-order valence-electron chi connectivity index (χ2n) is 6.48. The Bertz CT molecular complexity index is 286. The molecule has 3 heteroatoms. The lowest BCUT2D eigenvalue weighted by atomic mass is 9.94. The average molecular weight is 312 g/mol. The Morgan fingerprint density at radius 2 is 1.23 bits per heavy atom. The molecule has 0 heterocycles. The lowest BCUT2D eigenvalue weighted by molar-refractivity contribution is -0.142. The van der Waals surface area contributed by atoms with Gasteiger partial charge in [0, 0.05) is 12.8 Å². The summed E-state index contributed by atoms with van der Waals surface area (Å²) in [4.78, 5) is 23.0. The van der Waals surface area contributed by atoms with Crippen molar-refractivity contribution in [1.29, 1.82) is 0 Å². The molecule has 1 atom stereocenters. The third kappa shape index (κ3) is 12.8. The maximum absolute atomic E-state index is 11.8. The van der Waals surface area contributed by atoms with Gasteiger partial charge in [-0.15, -0.1) is 0 Å². The van der Waals surface area contributed by atoms with Crippen molar-refractivity contribution in [2.45, 2.75) is 104 Å². The normalized spacial score (nSPS) is 12.3. The maximum Gasteiger partial charge on any atom is 0.306 e. The van der Waals surface area contributed by atoms with Crippen LogP contribution >= 0.6 is 0 Å². The van der Waals surface area contributed by atoms with Crippen LogP contribution in [0.2, 0.25) is 0 Å². The standard InChI is InChI=1S/C19H36O3/c1-3-5-7-8-9-11-15-18(20)16-12-14-17(19(21)22)13-10-6-4-2/h17H,3-16H2,1-2H3,(H,21,22). The highest BCUT2D eigenvalue weighted by Crippen LogP contribution is 2.18. The molecule has 1 N–H and O–H groups in total. The molecule has 0 fully saturated rings. The van der Waals surface area contributed by atoms with Gasteiger partial charge in [-0.1, -0.05) is 65.2 Å². The Kier molecular flexibility index (Phi) is 14.5. The number of hydrogen-bond donors (Lipinski definition) is 1. The molecule has 0 aromatic heterocycles. The third-order valence-electron chi connectivity index (χ3n) is 4.32. The number of carboxylic acids is 1. The van der Waals surface area contributed by atoms with E-state index >= 15 is 0 Å². The van der Waals surface area contributed by atoms with Gasteiger partial charge in [0.2, 0.25) is 0 Å². The number of carbonyl (C=O) groups is 2. The number of rotatable bonds is 16. The smallest absolute Gasteiger partial charge is 0.306 e. The van der Waals surface area contributed by atoms with Crippen LogP contribution in [-0.2, 0) is 9.59 Å². The number of carbonyl (C=O) groups excluding carboxylic acids is 1. The fourth-order valence-electron chi connectivity index (χ4n) is 2.81. The Morgan fingerprint density at radius 1 is 0.727 bits per heavy atom. The minimum atomic E-state index is -0.695. The summed E-state index contributed by atoms with van der Waals surface area (Å²) in [6.45, 7) is 4.33. The Balaban J connectivity index is 3.64. The molecular weight excluding hydrogens is 276 g/mol. The fraction of sp³-hybridized carbons (Fsp3) is 0.895. The van der Waals surface area contributed by atoms with Crippen LogP contribution in [0.5, 0.6) is 0 Å². The van der Waals surface area contributed by atoms with Gasteiger partial charge in [-0.25, -0.2) is 0 Å². The summed E-state index contributed by atoms with van der Waals surface area (Å²) in [5.74, 6) is -0.638. The minimum absolute atomic E-state index is 0.256. The molecule has 0 bridgehead atoms. The first-order valence-corrected chi connectivity index (χ1v) is 9.36. The molecule has 0 saturated carbocycles. The van der Waals surface area contributed by atoms with E-state index in [1.165, 1.54) is 25.7 Å². The second kappa shape index (κ2) is 15.1. The van der Waals surface area contributed by atoms with E-state index in [4.69, 9.17) is 0 Å². The zero-order valence-electron chi connectivity index (χ0n) is 14.7. The van der Waals surface area contributed by atoms with Gasteiger partial charge in [-0.3, -0.25) is 9.59 Å². The number of Topliss-reactive ketones (excluding diaryl/α,β-unsaturated/α-hetero) is 1. The average Bonchev–Trinajstić information content (AvgIpc) is 2.49. The quantitative estimate of drug-likeness (QED) is 0.369. The molecule has 0 rings (SSSR count). The fourth-order valence-corrected chi connectivity index (χ4v) is 2.81. The summed E-state index contributed by atoms with van der Waals surface area (Å²) < 4.78 is 0. The van der Waals surface area contributed by atoms with Crippen molar-refractivity contribution in [3.8, 4) is 0 Å². The van der Waals surface area contributed by atoms with E-state index in [2.05, 4.69) is 13.8 Å². The summed E-state index contributed by atoms with van der Waals surface area (Å²) >= 11 is 0. The first kappa shape index (κ1) is 21.1. The maximum atomic E-state index is 11.8. The molecule has 0 saturated heterocycles. The Morgan fingerprint density at radius 3 is 1.86 bits per heavy atom. The molecule has 1 unspecified atom stereocenters. The van der Waals surface area contributed by atoms with Crippen molar-refractivity contribution in [2.75, 3.05) is 0 Å². The number of hydrogen-bond acceptors (Lipinski definition) is 2. The molecular formula is C19H36O3. The highest BCUT2D eigenvalue weighted by Gasteiger charge is 2.16. The predicted molar refractivity (Wildman–Crippen MR) is 92.1 cm³/mol. The largest absolute Gasteiger partial charge is 0.481 e. The highest BCUT2D eigenvalue weighted by atomic mass is 16.4. The minimum Gasteiger partial charge on any atom is -0.481 e. The molecule has 0 spiro atoms. The van der Waals surface area contributed by atoms with Crippen molar-refractivity contribution in [3.05, 3.63) is 0 Å². The van der Waals surface area contributed by atoms with Gasteiger partial charge in [-0.05, 0) is 25.7 Å². The van der Waals surface area contributed by atoms with Gasteiger partial charge in [0.15, 0.2) is 0 Å². The van der Waals surface area contributed by atoms with E-state index in [1.807, 2.05) is 0 Å². The zero-order valence-corrected chi connectivity index (χ0v) is 14.7. The zero-order chi connectivity index (χ0) is 16.6. The van der Waals surface area contributed by atoms with Crippen LogP contribution < -0.4 is 0 Å². The van der Waals surface area contributed by atoms with Gasteiger partial charge in [0.05, 0.1) is 5.92 Å². The van der Waals surface area contributed by atoms with Crippen molar-refractivity contribution in [2.24, 2.45) is 5.92 Å². The van der Waals surface area contributed by atoms with E-state index in [0.29, 0.717) is 25.0 Å². The molecule has 22 heavy (non-hydrogen) atoms. The van der Waals surface area contributed by atoms with Crippen LogP contribution in [0.1, 0.15) is 104 Å². The summed E-state index contributed by atoms with van der Waals surface area (Å²) in [5, 5.41) is 9.20. The number of aliphatic carboxylic acids is 1. The van der Waals surface area contributed by atoms with Gasteiger partial charge in [0.25, 0.3) is 0 Å². The van der Waals surface area contributed by atoms with Crippen LogP contribution in [0, 0.1) is 5.92 Å². The molecule has 3 nitrogen and oxygen atoms in total. The number of carboxylic acid groups (broad SMARTS) is 1. The van der Waals surface area contributed by atoms with Crippen LogP contribution in [0.15, 0.2) is 0 Å². The van der Waals surface area contributed by atoms with Crippen LogP contribution in [0.3, 0.4) is 0 Å². The second-order valence-corrected chi connectivity index (χ2v) is 6.48. The van der Waals surface area contributed by atoms with Crippen LogP contribution in [0.25, 0.3) is 0 Å². The van der Waals surface area contributed by atoms with Gasteiger partial charge >= 0.3 is 5.97 Å².